The molecule has 0 fully saturated rings. The van der Waals surface area contributed by atoms with Crippen LogP contribution < -0.4 is 10.2 Å². The SMILES string of the molecule is COC(=O)c1ccc(N(CC(=O)Nc2cccc(F)c2)C(C)=O)cc1. The summed E-state index contributed by atoms with van der Waals surface area (Å²) >= 11 is 0. The molecule has 2 aromatic carbocycles. The number of carbonyl (C=O) groups excluding carboxylic acids is 3. The molecule has 25 heavy (non-hydrogen) atoms. The molecule has 2 aromatic rings. The topological polar surface area (TPSA) is 75.7 Å². The van der Waals surface area contributed by atoms with E-state index in [9.17, 15) is 18.8 Å². The predicted octanol–water partition coefficient (Wildman–Crippen LogP) is 2.60. The van der Waals surface area contributed by atoms with Gasteiger partial charge in [-0.05, 0) is 42.5 Å². The van der Waals surface area contributed by atoms with Crippen LogP contribution in [0.4, 0.5) is 15.8 Å². The Bertz CT molecular complexity index is 790. The lowest BCUT2D eigenvalue weighted by Crippen LogP contribution is -2.36. The lowest BCUT2D eigenvalue weighted by Gasteiger charge is -2.21. The van der Waals surface area contributed by atoms with Gasteiger partial charge in [-0.1, -0.05) is 6.07 Å². The van der Waals surface area contributed by atoms with Gasteiger partial charge in [-0.2, -0.15) is 0 Å². The Labute approximate surface area is 144 Å². The maximum absolute atomic E-state index is 13.2. The Morgan fingerprint density at radius 3 is 2.36 bits per heavy atom. The highest BCUT2D eigenvalue weighted by Crippen LogP contribution is 2.17. The predicted molar refractivity (Wildman–Crippen MR) is 90.8 cm³/mol. The molecule has 0 unspecified atom stereocenters. The third kappa shape index (κ3) is 4.87. The number of nitrogens with one attached hydrogen (secondary N) is 1. The van der Waals surface area contributed by atoms with Gasteiger partial charge in [-0.3, -0.25) is 9.59 Å². The number of rotatable bonds is 5. The van der Waals surface area contributed by atoms with Crippen LogP contribution >= 0.6 is 0 Å². The van der Waals surface area contributed by atoms with Crippen molar-refractivity contribution in [3.63, 3.8) is 0 Å². The lowest BCUT2D eigenvalue weighted by atomic mass is 10.2. The Hall–Kier alpha value is -3.22. The maximum Gasteiger partial charge on any atom is 0.337 e. The molecule has 6 nitrogen and oxygen atoms in total. The van der Waals surface area contributed by atoms with Crippen LogP contribution in [-0.2, 0) is 14.3 Å². The number of carbonyl (C=O) groups is 3. The van der Waals surface area contributed by atoms with Crippen molar-refractivity contribution < 1.29 is 23.5 Å². The zero-order valence-electron chi connectivity index (χ0n) is 13.8. The molecule has 130 valence electrons. The number of benzene rings is 2. The van der Waals surface area contributed by atoms with Gasteiger partial charge in [0.2, 0.25) is 11.8 Å². The van der Waals surface area contributed by atoms with Crippen molar-refractivity contribution in [2.24, 2.45) is 0 Å². The van der Waals surface area contributed by atoms with E-state index in [2.05, 4.69) is 10.1 Å². The number of hydrogen-bond donors (Lipinski definition) is 1. The first kappa shape index (κ1) is 18.1. The molecule has 0 heterocycles. The lowest BCUT2D eigenvalue weighted by molar-refractivity contribution is -0.120. The van der Waals surface area contributed by atoms with Gasteiger partial charge in [0.05, 0.1) is 12.7 Å². The van der Waals surface area contributed by atoms with E-state index in [1.54, 1.807) is 18.2 Å². The highest BCUT2D eigenvalue weighted by molar-refractivity contribution is 6.02. The third-order valence-corrected chi connectivity index (χ3v) is 3.39. The second-order valence-electron chi connectivity index (χ2n) is 5.20. The van der Waals surface area contributed by atoms with E-state index in [-0.39, 0.29) is 12.5 Å². The summed E-state index contributed by atoms with van der Waals surface area (Å²) < 4.78 is 17.8. The number of esters is 1. The van der Waals surface area contributed by atoms with Gasteiger partial charge in [0, 0.05) is 18.3 Å². The molecule has 0 spiro atoms. The van der Waals surface area contributed by atoms with Gasteiger partial charge in [-0.25, -0.2) is 9.18 Å². The Balaban J connectivity index is 2.11. The van der Waals surface area contributed by atoms with E-state index in [0.29, 0.717) is 16.9 Å². The van der Waals surface area contributed by atoms with Crippen LogP contribution in [-0.4, -0.2) is 31.4 Å². The average Bonchev–Trinajstić information content (AvgIpc) is 2.59. The summed E-state index contributed by atoms with van der Waals surface area (Å²) in [4.78, 5) is 36.7. The fraction of sp³-hybridized carbons (Fsp3) is 0.167. The Morgan fingerprint density at radius 2 is 1.80 bits per heavy atom. The average molecular weight is 344 g/mol. The monoisotopic (exact) mass is 344 g/mol. The number of ether oxygens (including phenoxy) is 1. The number of halogens is 1. The van der Waals surface area contributed by atoms with Crippen LogP contribution in [0, 0.1) is 5.82 Å². The number of methoxy groups -OCH3 is 1. The summed E-state index contributed by atoms with van der Waals surface area (Å²) in [7, 11) is 1.27. The van der Waals surface area contributed by atoms with Gasteiger partial charge in [-0.15, -0.1) is 0 Å². The minimum atomic E-state index is -0.496. The Kier molecular flexibility index (Phi) is 5.84. The maximum atomic E-state index is 13.2. The summed E-state index contributed by atoms with van der Waals surface area (Å²) in [5.41, 5.74) is 1.09. The van der Waals surface area contributed by atoms with Crippen LogP contribution in [0.25, 0.3) is 0 Å². The molecule has 0 atom stereocenters. The van der Waals surface area contributed by atoms with E-state index >= 15 is 0 Å². The van der Waals surface area contributed by atoms with Crippen molar-refractivity contribution in [2.45, 2.75) is 6.92 Å². The smallest absolute Gasteiger partial charge is 0.337 e. The molecule has 0 aliphatic rings. The van der Waals surface area contributed by atoms with Crippen LogP contribution in [0.2, 0.25) is 0 Å². The minimum Gasteiger partial charge on any atom is -0.465 e. The van der Waals surface area contributed by atoms with Crippen molar-refractivity contribution in [1.82, 2.24) is 0 Å². The Morgan fingerprint density at radius 1 is 1.12 bits per heavy atom. The normalized spacial score (nSPS) is 10.0. The number of hydrogen-bond acceptors (Lipinski definition) is 4. The number of nitrogens with zero attached hydrogens (tertiary/aromatic N) is 1. The zero-order valence-corrected chi connectivity index (χ0v) is 13.8. The molecular weight excluding hydrogens is 327 g/mol. The highest BCUT2D eigenvalue weighted by Gasteiger charge is 2.17. The molecular formula is C18H17FN2O4. The minimum absolute atomic E-state index is 0.247. The fourth-order valence-corrected chi connectivity index (χ4v) is 2.19. The van der Waals surface area contributed by atoms with Gasteiger partial charge in [0.25, 0.3) is 0 Å². The molecule has 0 aliphatic carbocycles. The largest absolute Gasteiger partial charge is 0.465 e. The number of amides is 2. The van der Waals surface area contributed by atoms with Crippen LogP contribution in [0.3, 0.4) is 0 Å². The standard InChI is InChI=1S/C18H17FN2O4/c1-12(22)21(16-8-6-13(7-9-16)18(24)25-2)11-17(23)20-15-5-3-4-14(19)10-15/h3-10H,11H2,1-2H3,(H,20,23). The van der Waals surface area contributed by atoms with Crippen molar-refractivity contribution in [3.8, 4) is 0 Å². The van der Waals surface area contributed by atoms with E-state index in [1.165, 1.54) is 49.3 Å². The molecule has 0 saturated heterocycles. The van der Waals surface area contributed by atoms with Crippen LogP contribution in [0.15, 0.2) is 48.5 Å². The van der Waals surface area contributed by atoms with Gasteiger partial charge in [0.1, 0.15) is 12.4 Å². The quantitative estimate of drug-likeness (QED) is 0.846. The first-order valence-corrected chi connectivity index (χ1v) is 7.42. The summed E-state index contributed by atoms with van der Waals surface area (Å²) in [6.45, 7) is 1.08. The second kappa shape index (κ2) is 8.05. The van der Waals surface area contributed by atoms with Gasteiger partial charge in [0.15, 0.2) is 0 Å². The number of anilines is 2. The fourth-order valence-electron chi connectivity index (χ4n) is 2.19. The van der Waals surface area contributed by atoms with E-state index in [0.717, 1.165) is 0 Å². The molecule has 0 aliphatic heterocycles. The van der Waals surface area contributed by atoms with Gasteiger partial charge >= 0.3 is 5.97 Å². The van der Waals surface area contributed by atoms with E-state index < -0.39 is 17.7 Å². The van der Waals surface area contributed by atoms with Gasteiger partial charge < -0.3 is 15.0 Å². The third-order valence-electron chi connectivity index (χ3n) is 3.39. The first-order valence-electron chi connectivity index (χ1n) is 7.42. The molecule has 0 radical (unpaired) electrons. The van der Waals surface area contributed by atoms with Crippen LogP contribution in [0.1, 0.15) is 17.3 Å². The zero-order chi connectivity index (χ0) is 18.4. The molecule has 2 amide bonds. The molecule has 1 N–H and O–H groups in total. The summed E-state index contributed by atoms with van der Waals surface area (Å²) in [5, 5.41) is 2.53. The molecule has 0 saturated carbocycles. The van der Waals surface area contributed by atoms with E-state index in [4.69, 9.17) is 0 Å². The summed E-state index contributed by atoms with van der Waals surface area (Å²) in [5.74, 6) is -1.79. The van der Waals surface area contributed by atoms with Crippen molar-refractivity contribution in [3.05, 3.63) is 59.9 Å². The summed E-state index contributed by atoms with van der Waals surface area (Å²) in [6.07, 6.45) is 0. The van der Waals surface area contributed by atoms with E-state index in [1.807, 2.05) is 0 Å². The second-order valence-corrected chi connectivity index (χ2v) is 5.20. The van der Waals surface area contributed by atoms with Crippen molar-refractivity contribution >= 4 is 29.2 Å². The molecule has 0 bridgehead atoms. The highest BCUT2D eigenvalue weighted by atomic mass is 19.1. The molecule has 7 heteroatoms. The van der Waals surface area contributed by atoms with Crippen molar-refractivity contribution in [2.75, 3.05) is 23.9 Å². The summed E-state index contributed by atoms with van der Waals surface area (Å²) in [6, 6.07) is 11.6. The molecule has 0 aromatic heterocycles. The molecule has 2 rings (SSSR count). The van der Waals surface area contributed by atoms with Crippen LogP contribution in [0.5, 0.6) is 0 Å². The first-order chi connectivity index (χ1) is 11.9. The van der Waals surface area contributed by atoms with Crippen molar-refractivity contribution in [1.29, 1.82) is 0 Å².